The minimum Gasteiger partial charge on any atom is -1.00 e. The molecule has 0 bridgehead atoms. The maximum Gasteiger partial charge on any atom is 1.00 e. The van der Waals surface area contributed by atoms with E-state index >= 15 is 0 Å². The summed E-state index contributed by atoms with van der Waals surface area (Å²) in [5.74, 6) is 0. The van der Waals surface area contributed by atoms with Crippen molar-refractivity contribution in [1.82, 2.24) is 0 Å². The van der Waals surface area contributed by atoms with Crippen LogP contribution in [0, 0.1) is 0 Å². The minimum atomic E-state index is 0. The second-order valence-electron chi connectivity index (χ2n) is 1.33. The first-order chi connectivity index (χ1) is 3.39. The van der Waals surface area contributed by atoms with Crippen LogP contribution in [0.25, 0.3) is 0 Å². The summed E-state index contributed by atoms with van der Waals surface area (Å²) < 4.78 is 0. The molecule has 1 heterocycles. The van der Waals surface area contributed by atoms with Crippen LogP contribution in [0.15, 0.2) is 17.3 Å². The van der Waals surface area contributed by atoms with Gasteiger partial charge in [0, 0.05) is 23.7 Å². The van der Waals surface area contributed by atoms with Crippen molar-refractivity contribution in [2.24, 2.45) is 4.99 Å². The van der Waals surface area contributed by atoms with Gasteiger partial charge in [-0.1, -0.05) is 18.3 Å². The van der Waals surface area contributed by atoms with Gasteiger partial charge in [-0.05, 0) is 0 Å². The molecule has 1 aliphatic rings. The first-order valence-electron chi connectivity index (χ1n) is 2.10. The Morgan fingerprint density at radius 2 is 2.50 bits per heavy atom. The summed E-state index contributed by atoms with van der Waals surface area (Å²) >= 11 is 4.81. The molecule has 0 amide bonds. The second kappa shape index (κ2) is 4.39. The van der Waals surface area contributed by atoms with Gasteiger partial charge >= 0.3 is 29.6 Å². The van der Waals surface area contributed by atoms with Gasteiger partial charge in [0.25, 0.3) is 0 Å². The molecule has 1 nitrogen and oxygen atoms in total. The average Bonchev–Trinajstić information content (AvgIpc) is 1.69. The molecule has 3 heteroatoms. The molecule has 0 aromatic carbocycles. The van der Waals surface area contributed by atoms with E-state index in [2.05, 4.69) is 4.99 Å². The fourth-order valence-electron chi connectivity index (χ4n) is 0.409. The van der Waals surface area contributed by atoms with E-state index in [1.54, 1.807) is 12.4 Å². The number of aliphatic imine (C=N–C) groups is 1. The molecule has 0 unspecified atom stereocenters. The fraction of sp³-hybridized carbons (Fsp3) is 0.200. The molecule has 8 heavy (non-hydrogen) atoms. The Kier molecular flexibility index (Phi) is 4.66. The van der Waals surface area contributed by atoms with E-state index in [1.807, 2.05) is 6.08 Å². The van der Waals surface area contributed by atoms with Crippen LogP contribution in [-0.4, -0.2) is 11.1 Å². The Labute approximate surface area is 77.7 Å². The van der Waals surface area contributed by atoms with Crippen molar-refractivity contribution in [3.05, 3.63) is 12.3 Å². The zero-order valence-corrected chi connectivity index (χ0v) is 7.61. The molecule has 0 aliphatic carbocycles. The normalized spacial score (nSPS) is 15.8. The molecule has 0 fully saturated rings. The van der Waals surface area contributed by atoms with Crippen LogP contribution in [0.5, 0.6) is 0 Å². The van der Waals surface area contributed by atoms with Crippen molar-refractivity contribution < 1.29 is 31.0 Å². The maximum atomic E-state index is 4.81. The Hall–Kier alpha value is 0.500. The monoisotopic (exact) mass is 135 g/mol. The second-order valence-corrected chi connectivity index (χ2v) is 1.86. The molecule has 0 radical (unpaired) electrons. The summed E-state index contributed by atoms with van der Waals surface area (Å²) in [6.45, 7) is 0. The van der Waals surface area contributed by atoms with Gasteiger partial charge in [-0.15, -0.1) is 0 Å². The van der Waals surface area contributed by atoms with E-state index in [4.69, 9.17) is 12.2 Å². The van der Waals surface area contributed by atoms with Gasteiger partial charge in [0.05, 0.1) is 0 Å². The fourth-order valence-corrected chi connectivity index (χ4v) is 0.566. The van der Waals surface area contributed by atoms with Gasteiger partial charge in [0.15, 0.2) is 0 Å². The van der Waals surface area contributed by atoms with Crippen LogP contribution >= 0.6 is 12.2 Å². The van der Waals surface area contributed by atoms with E-state index in [-0.39, 0.29) is 31.0 Å². The van der Waals surface area contributed by atoms with Crippen molar-refractivity contribution in [3.63, 3.8) is 0 Å². The molecule has 0 saturated carbocycles. The van der Waals surface area contributed by atoms with Gasteiger partial charge in [0.1, 0.15) is 0 Å². The Balaban J connectivity index is 0. The van der Waals surface area contributed by atoms with E-state index in [0.29, 0.717) is 0 Å². The van der Waals surface area contributed by atoms with Gasteiger partial charge in [-0.25, -0.2) is 0 Å². The first kappa shape index (κ1) is 8.50. The summed E-state index contributed by atoms with van der Waals surface area (Å²) in [4.78, 5) is 4.73. The molecule has 38 valence electrons. The number of hydrogen-bond acceptors (Lipinski definition) is 2. The van der Waals surface area contributed by atoms with Crippen LogP contribution < -0.4 is 29.6 Å². The molecular formula is C5H6NNaS. The summed E-state index contributed by atoms with van der Waals surface area (Å²) in [5, 5.41) is 0. The van der Waals surface area contributed by atoms with E-state index in [1.165, 1.54) is 0 Å². The van der Waals surface area contributed by atoms with Crippen LogP contribution in [-0.2, 0) is 0 Å². The van der Waals surface area contributed by atoms with Crippen LogP contribution in [0.3, 0.4) is 0 Å². The van der Waals surface area contributed by atoms with Crippen LogP contribution in [0.2, 0.25) is 0 Å². The standard InChI is InChI=1S/C5H5NS.Na.H/c7-5-2-1-3-6-4-5;;/h1,3-4H,2H2;;/q;+1;-1. The summed E-state index contributed by atoms with van der Waals surface area (Å²) in [7, 11) is 0. The van der Waals surface area contributed by atoms with Crippen molar-refractivity contribution in [2.45, 2.75) is 6.42 Å². The van der Waals surface area contributed by atoms with Crippen molar-refractivity contribution in [2.75, 3.05) is 0 Å². The molecular weight excluding hydrogens is 129 g/mol. The van der Waals surface area contributed by atoms with Crippen LogP contribution in [0.1, 0.15) is 7.85 Å². The Morgan fingerprint density at radius 1 is 1.75 bits per heavy atom. The quantitative estimate of drug-likeness (QED) is 0.290. The van der Waals surface area contributed by atoms with Gasteiger partial charge in [-0.2, -0.15) is 0 Å². The van der Waals surface area contributed by atoms with Crippen molar-refractivity contribution in [3.8, 4) is 0 Å². The van der Waals surface area contributed by atoms with E-state index in [9.17, 15) is 0 Å². The summed E-state index contributed by atoms with van der Waals surface area (Å²) in [6, 6.07) is 0. The average molecular weight is 135 g/mol. The van der Waals surface area contributed by atoms with Crippen molar-refractivity contribution >= 4 is 23.3 Å². The predicted octanol–water partition coefficient (Wildman–Crippen LogP) is -1.54. The van der Waals surface area contributed by atoms with Gasteiger partial charge in [-0.3, -0.25) is 4.99 Å². The zero-order chi connectivity index (χ0) is 5.11. The molecule has 0 aromatic rings. The van der Waals surface area contributed by atoms with Gasteiger partial charge in [0.2, 0.25) is 0 Å². The Bertz CT molecular complexity index is 144. The van der Waals surface area contributed by atoms with E-state index < -0.39 is 0 Å². The number of hydrogen-bond donors (Lipinski definition) is 0. The molecule has 0 spiro atoms. The molecule has 0 atom stereocenters. The maximum absolute atomic E-state index is 4.81. The third kappa shape index (κ3) is 2.72. The third-order valence-corrected chi connectivity index (χ3v) is 1.00. The Morgan fingerprint density at radius 3 is 2.75 bits per heavy atom. The summed E-state index contributed by atoms with van der Waals surface area (Å²) in [5.41, 5.74) is 0. The third-order valence-electron chi connectivity index (χ3n) is 0.729. The zero-order valence-electron chi connectivity index (χ0n) is 5.79. The topological polar surface area (TPSA) is 12.4 Å². The molecule has 0 aromatic heterocycles. The SMILES string of the molecule is S=C1C=NC=CC1.[H-].[Na+]. The molecule has 1 aliphatic heterocycles. The predicted molar refractivity (Wildman–Crippen MR) is 36.0 cm³/mol. The number of nitrogens with zero attached hydrogens (tertiary/aromatic N) is 1. The number of allylic oxidation sites excluding steroid dienone is 1. The summed E-state index contributed by atoms with van der Waals surface area (Å²) in [6.07, 6.45) is 6.30. The molecule has 1 rings (SSSR count). The number of rotatable bonds is 0. The molecule has 0 N–H and O–H groups in total. The van der Waals surface area contributed by atoms with E-state index in [0.717, 1.165) is 11.3 Å². The smallest absolute Gasteiger partial charge is 1.00 e. The largest absolute Gasteiger partial charge is 1.00 e. The van der Waals surface area contributed by atoms with Gasteiger partial charge < -0.3 is 1.43 Å². The van der Waals surface area contributed by atoms with Crippen molar-refractivity contribution in [1.29, 1.82) is 0 Å². The molecule has 0 saturated heterocycles. The van der Waals surface area contributed by atoms with Crippen LogP contribution in [0.4, 0.5) is 0 Å². The minimum absolute atomic E-state index is 0. The first-order valence-corrected chi connectivity index (χ1v) is 2.51. The number of thiocarbonyl (C=S) groups is 1.